The van der Waals surface area contributed by atoms with Gasteiger partial charge in [0.25, 0.3) is 0 Å². The highest BCUT2D eigenvalue weighted by atomic mass is 35.5. The van der Waals surface area contributed by atoms with E-state index in [1.165, 1.54) is 5.39 Å². The molecule has 3 heteroatoms. The highest BCUT2D eigenvalue weighted by Crippen LogP contribution is 2.24. The van der Waals surface area contributed by atoms with E-state index in [2.05, 4.69) is 23.6 Å². The number of para-hydroxylation sites is 1. The number of nitrogens with zero attached hydrogens (tertiary/aromatic N) is 1. The molecule has 0 aliphatic heterocycles. The van der Waals surface area contributed by atoms with Crippen LogP contribution in [0.1, 0.15) is 11.3 Å². The minimum Gasteiger partial charge on any atom is -0.487 e. The van der Waals surface area contributed by atoms with Crippen molar-refractivity contribution in [1.82, 2.24) is 4.57 Å². The predicted molar refractivity (Wildman–Crippen MR) is 83.4 cm³/mol. The first kappa shape index (κ1) is 13.1. The minimum absolute atomic E-state index is 0.549. The van der Waals surface area contributed by atoms with Gasteiger partial charge in [-0.2, -0.15) is 0 Å². The lowest BCUT2D eigenvalue weighted by Crippen LogP contribution is -2.02. The summed E-state index contributed by atoms with van der Waals surface area (Å²) in [6, 6.07) is 16.1. The second kappa shape index (κ2) is 5.22. The van der Waals surface area contributed by atoms with Gasteiger partial charge in [0, 0.05) is 23.0 Å². The molecule has 0 N–H and O–H groups in total. The zero-order chi connectivity index (χ0) is 14.1. The van der Waals surface area contributed by atoms with Gasteiger partial charge in [0.1, 0.15) is 12.4 Å². The highest BCUT2D eigenvalue weighted by Gasteiger charge is 2.07. The lowest BCUT2D eigenvalue weighted by molar-refractivity contribution is 0.296. The normalized spacial score (nSPS) is 10.9. The summed E-state index contributed by atoms with van der Waals surface area (Å²) < 4.78 is 8.03. The summed E-state index contributed by atoms with van der Waals surface area (Å²) in [5.41, 5.74) is 3.40. The molecule has 20 heavy (non-hydrogen) atoms. The Hall–Kier alpha value is -1.93. The van der Waals surface area contributed by atoms with Crippen molar-refractivity contribution in [2.24, 2.45) is 7.05 Å². The second-order valence-electron chi connectivity index (χ2n) is 4.95. The SMILES string of the molecule is Cc1ccccc1OCc1cc2ccc(Cl)cc2n1C. The number of aryl methyl sites for hydroxylation is 2. The molecule has 0 fully saturated rings. The fourth-order valence-corrected chi connectivity index (χ4v) is 2.54. The average Bonchev–Trinajstić information content (AvgIpc) is 2.75. The fraction of sp³-hybridized carbons (Fsp3) is 0.176. The number of hydrogen-bond donors (Lipinski definition) is 0. The Morgan fingerprint density at radius 3 is 2.70 bits per heavy atom. The molecule has 0 saturated carbocycles. The zero-order valence-corrected chi connectivity index (χ0v) is 12.3. The van der Waals surface area contributed by atoms with E-state index < -0.39 is 0 Å². The van der Waals surface area contributed by atoms with Crippen molar-refractivity contribution in [2.45, 2.75) is 13.5 Å². The number of ether oxygens (including phenoxy) is 1. The molecule has 0 saturated heterocycles. The third kappa shape index (κ3) is 2.39. The van der Waals surface area contributed by atoms with Gasteiger partial charge in [-0.3, -0.25) is 0 Å². The van der Waals surface area contributed by atoms with E-state index in [0.29, 0.717) is 6.61 Å². The fourth-order valence-electron chi connectivity index (χ4n) is 2.37. The summed E-state index contributed by atoms with van der Waals surface area (Å²) in [6.45, 7) is 2.60. The molecule has 3 aromatic rings. The average molecular weight is 286 g/mol. The molecule has 2 aromatic carbocycles. The molecular formula is C17H16ClNO. The topological polar surface area (TPSA) is 14.2 Å². The largest absolute Gasteiger partial charge is 0.487 e. The smallest absolute Gasteiger partial charge is 0.128 e. The monoisotopic (exact) mass is 285 g/mol. The summed E-state index contributed by atoms with van der Waals surface area (Å²) in [5.74, 6) is 0.927. The number of benzene rings is 2. The molecule has 102 valence electrons. The van der Waals surface area contributed by atoms with Crippen LogP contribution in [-0.4, -0.2) is 4.57 Å². The van der Waals surface area contributed by atoms with Crippen LogP contribution in [0.15, 0.2) is 48.5 Å². The molecule has 3 rings (SSSR count). The summed E-state index contributed by atoms with van der Waals surface area (Å²) in [6.07, 6.45) is 0. The number of fused-ring (bicyclic) bond motifs is 1. The third-order valence-corrected chi connectivity index (χ3v) is 3.81. The molecule has 0 bridgehead atoms. The summed E-state index contributed by atoms with van der Waals surface area (Å²) in [7, 11) is 2.04. The zero-order valence-electron chi connectivity index (χ0n) is 11.6. The van der Waals surface area contributed by atoms with E-state index in [0.717, 1.165) is 27.5 Å². The van der Waals surface area contributed by atoms with E-state index in [1.807, 2.05) is 43.4 Å². The molecule has 0 aliphatic carbocycles. The van der Waals surface area contributed by atoms with Crippen LogP contribution in [0.2, 0.25) is 5.02 Å². The van der Waals surface area contributed by atoms with E-state index in [4.69, 9.17) is 16.3 Å². The molecule has 1 heterocycles. The van der Waals surface area contributed by atoms with Crippen molar-refractivity contribution >= 4 is 22.5 Å². The van der Waals surface area contributed by atoms with Crippen LogP contribution < -0.4 is 4.74 Å². The van der Waals surface area contributed by atoms with Crippen molar-refractivity contribution in [3.8, 4) is 5.75 Å². The maximum Gasteiger partial charge on any atom is 0.128 e. The van der Waals surface area contributed by atoms with Crippen molar-refractivity contribution in [3.63, 3.8) is 0 Å². The molecule has 0 atom stereocenters. The minimum atomic E-state index is 0.549. The molecule has 0 unspecified atom stereocenters. The number of aromatic nitrogens is 1. The van der Waals surface area contributed by atoms with Crippen molar-refractivity contribution in [3.05, 3.63) is 64.8 Å². The van der Waals surface area contributed by atoms with Crippen LogP contribution in [0.5, 0.6) is 5.75 Å². The van der Waals surface area contributed by atoms with Crippen LogP contribution in [0, 0.1) is 6.92 Å². The van der Waals surface area contributed by atoms with Crippen LogP contribution in [0.3, 0.4) is 0 Å². The van der Waals surface area contributed by atoms with Crippen LogP contribution >= 0.6 is 11.6 Å². The van der Waals surface area contributed by atoms with Crippen LogP contribution in [0.25, 0.3) is 10.9 Å². The van der Waals surface area contributed by atoms with Gasteiger partial charge in [0.2, 0.25) is 0 Å². The van der Waals surface area contributed by atoms with E-state index >= 15 is 0 Å². The van der Waals surface area contributed by atoms with Gasteiger partial charge < -0.3 is 9.30 Å². The van der Waals surface area contributed by atoms with E-state index in [-0.39, 0.29) is 0 Å². The number of hydrogen-bond acceptors (Lipinski definition) is 1. The Morgan fingerprint density at radius 1 is 1.10 bits per heavy atom. The first-order chi connectivity index (χ1) is 9.65. The molecule has 0 spiro atoms. The summed E-state index contributed by atoms with van der Waals surface area (Å²) in [4.78, 5) is 0. The highest BCUT2D eigenvalue weighted by molar-refractivity contribution is 6.31. The van der Waals surface area contributed by atoms with Crippen LogP contribution in [-0.2, 0) is 13.7 Å². The Kier molecular flexibility index (Phi) is 3.41. The molecule has 2 nitrogen and oxygen atoms in total. The van der Waals surface area contributed by atoms with Gasteiger partial charge in [-0.05, 0) is 36.8 Å². The predicted octanol–water partition coefficient (Wildman–Crippen LogP) is 4.72. The standard InChI is InChI=1S/C17H16ClNO/c1-12-5-3-4-6-17(12)20-11-15-9-13-7-8-14(18)10-16(13)19(15)2/h3-10H,11H2,1-2H3. The van der Waals surface area contributed by atoms with Crippen molar-refractivity contribution in [1.29, 1.82) is 0 Å². The summed E-state index contributed by atoms with van der Waals surface area (Å²) >= 11 is 6.05. The van der Waals surface area contributed by atoms with E-state index in [1.54, 1.807) is 0 Å². The second-order valence-corrected chi connectivity index (χ2v) is 5.39. The molecule has 0 radical (unpaired) electrons. The lowest BCUT2D eigenvalue weighted by atomic mass is 10.2. The summed E-state index contributed by atoms with van der Waals surface area (Å²) in [5, 5.41) is 1.94. The lowest BCUT2D eigenvalue weighted by Gasteiger charge is -2.09. The quantitative estimate of drug-likeness (QED) is 0.679. The van der Waals surface area contributed by atoms with Crippen molar-refractivity contribution in [2.75, 3.05) is 0 Å². The van der Waals surface area contributed by atoms with Gasteiger partial charge in [0.05, 0.1) is 5.69 Å². The third-order valence-electron chi connectivity index (χ3n) is 3.58. The Morgan fingerprint density at radius 2 is 1.90 bits per heavy atom. The van der Waals surface area contributed by atoms with E-state index in [9.17, 15) is 0 Å². The maximum absolute atomic E-state index is 6.05. The van der Waals surface area contributed by atoms with Gasteiger partial charge in [-0.15, -0.1) is 0 Å². The Labute approximate surface area is 123 Å². The first-order valence-electron chi connectivity index (χ1n) is 6.57. The Bertz CT molecular complexity index is 761. The van der Waals surface area contributed by atoms with Gasteiger partial charge >= 0.3 is 0 Å². The molecule has 1 aromatic heterocycles. The number of halogens is 1. The van der Waals surface area contributed by atoms with Gasteiger partial charge in [0.15, 0.2) is 0 Å². The van der Waals surface area contributed by atoms with Crippen molar-refractivity contribution < 1.29 is 4.74 Å². The number of rotatable bonds is 3. The van der Waals surface area contributed by atoms with Crippen LogP contribution in [0.4, 0.5) is 0 Å². The Balaban J connectivity index is 1.88. The maximum atomic E-state index is 6.05. The van der Waals surface area contributed by atoms with Gasteiger partial charge in [-0.25, -0.2) is 0 Å². The molecule has 0 aliphatic rings. The van der Waals surface area contributed by atoms with Gasteiger partial charge in [-0.1, -0.05) is 35.9 Å². The first-order valence-corrected chi connectivity index (χ1v) is 6.95. The molecular weight excluding hydrogens is 270 g/mol. The molecule has 0 amide bonds.